The van der Waals surface area contributed by atoms with Crippen molar-refractivity contribution in [3.63, 3.8) is 0 Å². The van der Waals surface area contributed by atoms with Gasteiger partial charge in [-0.3, -0.25) is 4.90 Å². The first-order valence-corrected chi connectivity index (χ1v) is 8.15. The molecule has 0 amide bonds. The van der Waals surface area contributed by atoms with E-state index in [1.165, 1.54) is 19.3 Å². The summed E-state index contributed by atoms with van der Waals surface area (Å²) in [6, 6.07) is 0. The summed E-state index contributed by atoms with van der Waals surface area (Å²) < 4.78 is 11.4. The quantitative estimate of drug-likeness (QED) is 0.909. The Morgan fingerprint density at radius 3 is 2.86 bits per heavy atom. The van der Waals surface area contributed by atoms with Gasteiger partial charge in [0.25, 0.3) is 0 Å². The van der Waals surface area contributed by atoms with Crippen LogP contribution in [0.15, 0.2) is 4.52 Å². The van der Waals surface area contributed by atoms with Crippen LogP contribution in [-0.4, -0.2) is 47.8 Å². The third kappa shape index (κ3) is 2.98. The SMILES string of the molecule is CCN1CCOC(c2noc(C3(CN)CCCCC3)n2)C1. The zero-order chi connectivity index (χ0) is 14.7. The van der Waals surface area contributed by atoms with Crippen molar-refractivity contribution in [2.24, 2.45) is 5.73 Å². The van der Waals surface area contributed by atoms with Crippen LogP contribution in [0.25, 0.3) is 0 Å². The van der Waals surface area contributed by atoms with Crippen molar-refractivity contribution in [3.05, 3.63) is 11.7 Å². The van der Waals surface area contributed by atoms with E-state index in [1.807, 2.05) is 0 Å². The van der Waals surface area contributed by atoms with E-state index in [1.54, 1.807) is 0 Å². The molecule has 0 bridgehead atoms. The second-order valence-electron chi connectivity index (χ2n) is 6.26. The lowest BCUT2D eigenvalue weighted by molar-refractivity contribution is -0.0334. The van der Waals surface area contributed by atoms with Gasteiger partial charge >= 0.3 is 0 Å². The Bertz CT molecular complexity index is 456. The summed E-state index contributed by atoms with van der Waals surface area (Å²) in [5, 5.41) is 4.18. The molecule has 2 fully saturated rings. The van der Waals surface area contributed by atoms with Gasteiger partial charge in [-0.15, -0.1) is 0 Å². The van der Waals surface area contributed by atoms with Gasteiger partial charge < -0.3 is 15.0 Å². The maximum Gasteiger partial charge on any atom is 0.234 e. The van der Waals surface area contributed by atoms with E-state index in [-0.39, 0.29) is 11.5 Å². The Balaban J connectivity index is 1.76. The normalized spacial score (nSPS) is 26.9. The molecule has 1 aromatic heterocycles. The standard InChI is InChI=1S/C15H26N4O2/c1-2-19-8-9-20-12(10-19)13-17-14(21-18-13)15(11-16)6-4-3-5-7-15/h12H,2-11,16H2,1H3. The molecule has 0 radical (unpaired) electrons. The van der Waals surface area contributed by atoms with E-state index in [2.05, 4.69) is 22.0 Å². The van der Waals surface area contributed by atoms with E-state index in [0.29, 0.717) is 12.4 Å². The Labute approximate surface area is 126 Å². The Morgan fingerprint density at radius 1 is 1.33 bits per heavy atom. The molecule has 0 spiro atoms. The first kappa shape index (κ1) is 14.9. The van der Waals surface area contributed by atoms with Crippen LogP contribution in [-0.2, 0) is 10.2 Å². The smallest absolute Gasteiger partial charge is 0.234 e. The van der Waals surface area contributed by atoms with Gasteiger partial charge in [-0.05, 0) is 19.4 Å². The molecule has 2 N–H and O–H groups in total. The molecule has 1 aromatic rings. The minimum absolute atomic E-state index is 0.0744. The topological polar surface area (TPSA) is 77.4 Å². The van der Waals surface area contributed by atoms with Crippen molar-refractivity contribution >= 4 is 0 Å². The first-order valence-electron chi connectivity index (χ1n) is 8.15. The summed E-state index contributed by atoms with van der Waals surface area (Å²) in [5.74, 6) is 1.40. The van der Waals surface area contributed by atoms with Gasteiger partial charge in [0.1, 0.15) is 6.10 Å². The lowest BCUT2D eigenvalue weighted by Crippen LogP contribution is -2.39. The van der Waals surface area contributed by atoms with E-state index in [0.717, 1.165) is 45.0 Å². The van der Waals surface area contributed by atoms with Gasteiger partial charge in [0.2, 0.25) is 11.7 Å². The second kappa shape index (κ2) is 6.42. The highest BCUT2D eigenvalue weighted by atomic mass is 16.5. The van der Waals surface area contributed by atoms with E-state index >= 15 is 0 Å². The monoisotopic (exact) mass is 294 g/mol. The number of likely N-dealkylation sites (N-methyl/N-ethyl adjacent to an activating group) is 1. The third-order valence-corrected chi connectivity index (χ3v) is 4.98. The van der Waals surface area contributed by atoms with Crippen LogP contribution in [0.4, 0.5) is 0 Å². The van der Waals surface area contributed by atoms with Crippen LogP contribution in [0.5, 0.6) is 0 Å². The molecule has 118 valence electrons. The van der Waals surface area contributed by atoms with Crippen molar-refractivity contribution < 1.29 is 9.26 Å². The van der Waals surface area contributed by atoms with Crippen molar-refractivity contribution in [1.82, 2.24) is 15.0 Å². The summed E-state index contributed by atoms with van der Waals surface area (Å²) in [5.41, 5.74) is 5.93. The van der Waals surface area contributed by atoms with E-state index in [4.69, 9.17) is 15.0 Å². The molecule has 1 aliphatic carbocycles. The average Bonchev–Trinajstić information content (AvgIpc) is 3.06. The second-order valence-corrected chi connectivity index (χ2v) is 6.26. The number of hydrogen-bond donors (Lipinski definition) is 1. The highest BCUT2D eigenvalue weighted by Gasteiger charge is 2.39. The molecule has 1 saturated heterocycles. The van der Waals surface area contributed by atoms with E-state index < -0.39 is 0 Å². The fourth-order valence-electron chi connectivity index (χ4n) is 3.46. The number of nitrogens with zero attached hydrogens (tertiary/aromatic N) is 3. The molecule has 21 heavy (non-hydrogen) atoms. The van der Waals surface area contributed by atoms with Crippen LogP contribution in [0.3, 0.4) is 0 Å². The van der Waals surface area contributed by atoms with Crippen LogP contribution in [0.1, 0.15) is 56.8 Å². The Morgan fingerprint density at radius 2 is 2.14 bits per heavy atom. The fraction of sp³-hybridized carbons (Fsp3) is 0.867. The predicted molar refractivity (Wildman–Crippen MR) is 78.9 cm³/mol. The van der Waals surface area contributed by atoms with Crippen molar-refractivity contribution in [3.8, 4) is 0 Å². The van der Waals surface area contributed by atoms with Gasteiger partial charge in [-0.2, -0.15) is 4.98 Å². The summed E-state index contributed by atoms with van der Waals surface area (Å²) >= 11 is 0. The summed E-state index contributed by atoms with van der Waals surface area (Å²) in [7, 11) is 0. The summed E-state index contributed by atoms with van der Waals surface area (Å²) in [4.78, 5) is 7.01. The van der Waals surface area contributed by atoms with Gasteiger partial charge in [0, 0.05) is 19.6 Å². The van der Waals surface area contributed by atoms with Crippen LogP contribution < -0.4 is 5.73 Å². The number of rotatable bonds is 4. The molecule has 1 aliphatic heterocycles. The highest BCUT2D eigenvalue weighted by Crippen LogP contribution is 2.38. The summed E-state index contributed by atoms with van der Waals surface area (Å²) in [6.07, 6.45) is 5.70. The molecule has 1 saturated carbocycles. The molecule has 2 aliphatic rings. The number of nitrogens with two attached hydrogens (primary N) is 1. The molecule has 0 aromatic carbocycles. The number of aromatic nitrogens is 2. The summed E-state index contributed by atoms with van der Waals surface area (Å²) in [6.45, 7) is 6.31. The molecular weight excluding hydrogens is 268 g/mol. The Hall–Kier alpha value is -0.980. The van der Waals surface area contributed by atoms with Gasteiger partial charge in [-0.25, -0.2) is 0 Å². The van der Waals surface area contributed by atoms with Gasteiger partial charge in [-0.1, -0.05) is 31.3 Å². The average molecular weight is 294 g/mol. The molecule has 1 atom stereocenters. The number of morpholine rings is 1. The van der Waals surface area contributed by atoms with Crippen LogP contribution >= 0.6 is 0 Å². The lowest BCUT2D eigenvalue weighted by Gasteiger charge is -2.32. The zero-order valence-electron chi connectivity index (χ0n) is 12.9. The number of ether oxygens (including phenoxy) is 1. The maximum atomic E-state index is 6.03. The Kier molecular flexibility index (Phi) is 4.57. The predicted octanol–water partition coefficient (Wildman–Crippen LogP) is 1.62. The zero-order valence-corrected chi connectivity index (χ0v) is 12.9. The largest absolute Gasteiger partial charge is 0.367 e. The minimum atomic E-state index is -0.109. The maximum absolute atomic E-state index is 6.03. The van der Waals surface area contributed by atoms with Gasteiger partial charge in [0.05, 0.1) is 12.0 Å². The van der Waals surface area contributed by atoms with Gasteiger partial charge in [0.15, 0.2) is 0 Å². The fourth-order valence-corrected chi connectivity index (χ4v) is 3.46. The first-order chi connectivity index (χ1) is 10.3. The van der Waals surface area contributed by atoms with E-state index in [9.17, 15) is 0 Å². The molecule has 1 unspecified atom stereocenters. The molecule has 6 nitrogen and oxygen atoms in total. The van der Waals surface area contributed by atoms with Crippen molar-refractivity contribution in [2.45, 2.75) is 50.5 Å². The third-order valence-electron chi connectivity index (χ3n) is 4.98. The molecule has 2 heterocycles. The van der Waals surface area contributed by atoms with Crippen molar-refractivity contribution in [1.29, 1.82) is 0 Å². The highest BCUT2D eigenvalue weighted by molar-refractivity contribution is 5.09. The van der Waals surface area contributed by atoms with Crippen LogP contribution in [0.2, 0.25) is 0 Å². The molecule has 3 rings (SSSR count). The number of hydrogen-bond acceptors (Lipinski definition) is 6. The minimum Gasteiger partial charge on any atom is -0.367 e. The van der Waals surface area contributed by atoms with Crippen LogP contribution in [0, 0.1) is 0 Å². The molecular formula is C15H26N4O2. The molecule has 6 heteroatoms. The lowest BCUT2D eigenvalue weighted by atomic mass is 9.74. The van der Waals surface area contributed by atoms with Crippen molar-refractivity contribution in [2.75, 3.05) is 32.8 Å².